The smallest absolute Gasteiger partial charge is 0.335 e. The molecule has 1 aromatic rings. The number of amides is 2. The number of urea groups is 1. The van der Waals surface area contributed by atoms with Gasteiger partial charge in [0.2, 0.25) is 0 Å². The van der Waals surface area contributed by atoms with E-state index in [2.05, 4.69) is 10.6 Å². The van der Waals surface area contributed by atoms with Crippen LogP contribution in [0, 0.1) is 0 Å². The molecule has 3 N–H and O–H groups in total. The summed E-state index contributed by atoms with van der Waals surface area (Å²) in [5.74, 6) is -0.501. The fraction of sp³-hybridized carbons (Fsp3) is 0.333. The van der Waals surface area contributed by atoms with E-state index in [0.717, 1.165) is 12.8 Å². The van der Waals surface area contributed by atoms with Gasteiger partial charge in [0.05, 0.1) is 17.9 Å². The van der Waals surface area contributed by atoms with E-state index in [0.29, 0.717) is 12.2 Å². The third-order valence-corrected chi connectivity index (χ3v) is 2.63. The molecule has 0 saturated carbocycles. The number of ether oxygens (including phenoxy) is 1. The van der Waals surface area contributed by atoms with E-state index < -0.39 is 12.0 Å². The number of esters is 1. The zero-order valence-corrected chi connectivity index (χ0v) is 12.2. The van der Waals surface area contributed by atoms with Gasteiger partial charge in [-0.2, -0.15) is 0 Å². The Hall–Kier alpha value is -2.50. The molecule has 0 bridgehead atoms. The first-order valence-corrected chi connectivity index (χ1v) is 6.74. The van der Waals surface area contributed by atoms with E-state index in [1.165, 1.54) is 12.3 Å². The van der Waals surface area contributed by atoms with Crippen LogP contribution in [0.4, 0.5) is 10.5 Å². The molecule has 0 aromatic heterocycles. The maximum absolute atomic E-state index is 11.6. The topological polar surface area (TPSA) is 87.7 Å². The van der Waals surface area contributed by atoms with E-state index in [-0.39, 0.29) is 11.4 Å². The monoisotopic (exact) mass is 292 g/mol. The van der Waals surface area contributed by atoms with Crippen LogP contribution in [0.25, 0.3) is 0 Å². The highest BCUT2D eigenvalue weighted by atomic mass is 16.5. The van der Waals surface area contributed by atoms with Crippen molar-refractivity contribution in [1.82, 2.24) is 5.32 Å². The average molecular weight is 292 g/mol. The molecule has 1 rings (SSSR count). The average Bonchev–Trinajstić information content (AvgIpc) is 2.47. The number of carbonyl (C=O) groups excluding carboxylic acids is 2. The van der Waals surface area contributed by atoms with E-state index >= 15 is 0 Å². The molecule has 6 nitrogen and oxygen atoms in total. The lowest BCUT2D eigenvalue weighted by Crippen LogP contribution is -2.25. The summed E-state index contributed by atoms with van der Waals surface area (Å²) < 4.78 is 4.99. The Bertz CT molecular complexity index is 526. The van der Waals surface area contributed by atoms with Crippen LogP contribution in [0.2, 0.25) is 0 Å². The van der Waals surface area contributed by atoms with Gasteiger partial charge in [-0.05, 0) is 25.5 Å². The SMILES string of the molecule is CCCCOC(=O)C(C)=CNC(=O)Nc1ccccc1O. The lowest BCUT2D eigenvalue weighted by atomic mass is 10.3. The maximum Gasteiger partial charge on any atom is 0.335 e. The summed E-state index contributed by atoms with van der Waals surface area (Å²) in [6.45, 7) is 3.92. The molecule has 0 aliphatic carbocycles. The van der Waals surface area contributed by atoms with Gasteiger partial charge in [-0.15, -0.1) is 0 Å². The molecule has 0 saturated heterocycles. The van der Waals surface area contributed by atoms with Crippen molar-refractivity contribution in [3.05, 3.63) is 36.0 Å². The number of anilines is 1. The van der Waals surface area contributed by atoms with Crippen molar-refractivity contribution in [1.29, 1.82) is 0 Å². The van der Waals surface area contributed by atoms with Crippen LogP contribution in [0.15, 0.2) is 36.0 Å². The highest BCUT2D eigenvalue weighted by molar-refractivity contribution is 5.93. The number of hydrogen-bond donors (Lipinski definition) is 3. The number of unbranched alkanes of at least 4 members (excludes halogenated alkanes) is 1. The third-order valence-electron chi connectivity index (χ3n) is 2.63. The zero-order valence-electron chi connectivity index (χ0n) is 12.2. The molecule has 0 aliphatic rings. The predicted molar refractivity (Wildman–Crippen MR) is 79.9 cm³/mol. The predicted octanol–water partition coefficient (Wildman–Crippen LogP) is 2.76. The van der Waals surface area contributed by atoms with Crippen molar-refractivity contribution in [2.75, 3.05) is 11.9 Å². The third kappa shape index (κ3) is 5.99. The van der Waals surface area contributed by atoms with Crippen LogP contribution in [0.5, 0.6) is 5.75 Å². The lowest BCUT2D eigenvalue weighted by molar-refractivity contribution is -0.139. The standard InChI is InChI=1S/C15H20N2O4/c1-3-4-9-21-14(19)11(2)10-16-15(20)17-12-7-5-6-8-13(12)18/h5-8,10,18H,3-4,9H2,1-2H3,(H2,16,17,20). The Balaban J connectivity index is 2.46. The first-order valence-electron chi connectivity index (χ1n) is 6.74. The van der Waals surface area contributed by atoms with Gasteiger partial charge >= 0.3 is 12.0 Å². The number of nitrogens with one attached hydrogen (secondary N) is 2. The van der Waals surface area contributed by atoms with E-state index in [9.17, 15) is 14.7 Å². The van der Waals surface area contributed by atoms with Crippen molar-refractivity contribution < 1.29 is 19.4 Å². The summed E-state index contributed by atoms with van der Waals surface area (Å²) in [7, 11) is 0. The molecule has 0 atom stereocenters. The number of carbonyl (C=O) groups is 2. The molecule has 0 heterocycles. The summed E-state index contributed by atoms with van der Waals surface area (Å²) in [6.07, 6.45) is 3.01. The minimum Gasteiger partial charge on any atom is -0.506 e. The molecule has 0 spiro atoms. The molecule has 0 aliphatic heterocycles. The molecule has 21 heavy (non-hydrogen) atoms. The summed E-state index contributed by atoms with van der Waals surface area (Å²) in [5.41, 5.74) is 0.574. The Kier molecular flexibility index (Phi) is 6.80. The molecule has 6 heteroatoms. The van der Waals surface area contributed by atoms with Gasteiger partial charge in [0.25, 0.3) is 0 Å². The van der Waals surface area contributed by atoms with Crippen LogP contribution >= 0.6 is 0 Å². The van der Waals surface area contributed by atoms with E-state index in [1.807, 2.05) is 6.92 Å². The highest BCUT2D eigenvalue weighted by Gasteiger charge is 2.07. The lowest BCUT2D eigenvalue weighted by Gasteiger charge is -2.07. The number of benzene rings is 1. The number of rotatable bonds is 6. The molecular formula is C15H20N2O4. The maximum atomic E-state index is 11.6. The fourth-order valence-corrected chi connectivity index (χ4v) is 1.39. The normalized spacial score (nSPS) is 10.9. The minimum absolute atomic E-state index is 0.0349. The first kappa shape index (κ1) is 16.6. The van der Waals surface area contributed by atoms with Crippen molar-refractivity contribution in [2.45, 2.75) is 26.7 Å². The van der Waals surface area contributed by atoms with Gasteiger partial charge in [0.15, 0.2) is 0 Å². The molecule has 114 valence electrons. The van der Waals surface area contributed by atoms with Crippen molar-refractivity contribution in [3.63, 3.8) is 0 Å². The van der Waals surface area contributed by atoms with E-state index in [1.54, 1.807) is 25.1 Å². The largest absolute Gasteiger partial charge is 0.506 e. The first-order chi connectivity index (χ1) is 10.0. The summed E-state index contributed by atoms with van der Waals surface area (Å²) in [4.78, 5) is 23.2. The molecule has 2 amide bonds. The van der Waals surface area contributed by atoms with Gasteiger partial charge < -0.3 is 20.5 Å². The van der Waals surface area contributed by atoms with Crippen molar-refractivity contribution in [3.8, 4) is 5.75 Å². The summed E-state index contributed by atoms with van der Waals surface area (Å²) in [5, 5.41) is 14.4. The Labute approximate surface area is 123 Å². The van der Waals surface area contributed by atoms with Crippen LogP contribution in [0.3, 0.4) is 0 Å². The zero-order chi connectivity index (χ0) is 15.7. The van der Waals surface area contributed by atoms with Crippen LogP contribution in [0.1, 0.15) is 26.7 Å². The van der Waals surface area contributed by atoms with Gasteiger partial charge in [-0.25, -0.2) is 9.59 Å². The highest BCUT2D eigenvalue weighted by Crippen LogP contribution is 2.20. The van der Waals surface area contributed by atoms with Gasteiger partial charge in [-0.3, -0.25) is 0 Å². The number of aromatic hydroxyl groups is 1. The minimum atomic E-state index is -0.558. The number of para-hydroxylation sites is 2. The Morgan fingerprint density at radius 2 is 2.05 bits per heavy atom. The van der Waals surface area contributed by atoms with Crippen molar-refractivity contribution in [2.24, 2.45) is 0 Å². The summed E-state index contributed by atoms with van der Waals surface area (Å²) >= 11 is 0. The van der Waals surface area contributed by atoms with Crippen LogP contribution in [-0.2, 0) is 9.53 Å². The Morgan fingerprint density at radius 3 is 2.71 bits per heavy atom. The van der Waals surface area contributed by atoms with E-state index in [4.69, 9.17) is 4.74 Å². The van der Waals surface area contributed by atoms with Crippen molar-refractivity contribution >= 4 is 17.7 Å². The van der Waals surface area contributed by atoms with Gasteiger partial charge in [0.1, 0.15) is 5.75 Å². The fourth-order valence-electron chi connectivity index (χ4n) is 1.39. The van der Waals surface area contributed by atoms with Crippen LogP contribution < -0.4 is 10.6 Å². The second-order valence-corrected chi connectivity index (χ2v) is 4.43. The Morgan fingerprint density at radius 1 is 1.33 bits per heavy atom. The molecule has 0 radical (unpaired) electrons. The molecule has 0 unspecified atom stereocenters. The molecular weight excluding hydrogens is 272 g/mol. The molecule has 1 aromatic carbocycles. The number of hydrogen-bond acceptors (Lipinski definition) is 4. The quantitative estimate of drug-likeness (QED) is 0.325. The molecule has 0 fully saturated rings. The second-order valence-electron chi connectivity index (χ2n) is 4.43. The van der Waals surface area contributed by atoms with Gasteiger partial charge in [-0.1, -0.05) is 25.5 Å². The number of phenols is 1. The summed E-state index contributed by atoms with van der Waals surface area (Å²) in [6, 6.07) is 5.79. The van der Waals surface area contributed by atoms with Gasteiger partial charge in [0, 0.05) is 6.20 Å². The van der Waals surface area contributed by atoms with Crippen LogP contribution in [-0.4, -0.2) is 23.7 Å². The second kappa shape index (κ2) is 8.63. The number of phenolic OH excluding ortho intramolecular Hbond substituents is 1.